The van der Waals surface area contributed by atoms with Gasteiger partial charge in [0, 0.05) is 23.8 Å². The van der Waals surface area contributed by atoms with E-state index in [1.165, 1.54) is 6.07 Å². The second kappa shape index (κ2) is 11.5. The van der Waals surface area contributed by atoms with Crippen molar-refractivity contribution in [2.24, 2.45) is 0 Å². The topological polar surface area (TPSA) is 67.4 Å². The molecular weight excluding hydrogens is 455 g/mol. The van der Waals surface area contributed by atoms with Gasteiger partial charge in [-0.3, -0.25) is 9.59 Å². The van der Waals surface area contributed by atoms with Crippen molar-refractivity contribution >= 4 is 29.1 Å². The molecule has 0 aliphatic heterocycles. The van der Waals surface area contributed by atoms with Gasteiger partial charge in [0.25, 0.3) is 5.91 Å². The van der Waals surface area contributed by atoms with Gasteiger partial charge in [0.2, 0.25) is 5.91 Å². The molecule has 1 fully saturated rings. The quantitative estimate of drug-likeness (QED) is 0.485. The molecule has 0 atom stereocenters. The summed E-state index contributed by atoms with van der Waals surface area (Å²) in [5.41, 5.74) is 2.03. The van der Waals surface area contributed by atoms with E-state index in [-0.39, 0.29) is 22.7 Å². The zero-order valence-corrected chi connectivity index (χ0v) is 19.9. The van der Waals surface area contributed by atoms with E-state index in [2.05, 4.69) is 10.6 Å². The number of amides is 2. The molecule has 0 spiro atoms. The first-order valence-corrected chi connectivity index (χ1v) is 12.4. The van der Waals surface area contributed by atoms with Crippen molar-refractivity contribution < 1.29 is 18.7 Å². The average molecular weight is 485 g/mol. The molecule has 2 aliphatic rings. The van der Waals surface area contributed by atoms with E-state index < -0.39 is 11.7 Å². The van der Waals surface area contributed by atoms with Crippen LogP contribution < -0.4 is 15.4 Å². The SMILES string of the molecule is O=C(NCCc1ccccc1)C1=C(C(=O)Nc2cc(OC3CCCC3)c(Cl)cc2F)CCCC1. The highest BCUT2D eigenvalue weighted by Crippen LogP contribution is 2.34. The fourth-order valence-corrected chi connectivity index (χ4v) is 4.77. The van der Waals surface area contributed by atoms with Crippen LogP contribution in [0.25, 0.3) is 0 Å². The number of ether oxygens (including phenoxy) is 1. The van der Waals surface area contributed by atoms with Gasteiger partial charge < -0.3 is 15.4 Å². The van der Waals surface area contributed by atoms with Crippen LogP contribution >= 0.6 is 11.6 Å². The normalized spacial score (nSPS) is 16.4. The van der Waals surface area contributed by atoms with Gasteiger partial charge in [0.15, 0.2) is 0 Å². The number of benzene rings is 2. The molecule has 0 bridgehead atoms. The van der Waals surface area contributed by atoms with E-state index >= 15 is 0 Å². The number of hydrogen-bond acceptors (Lipinski definition) is 3. The molecule has 2 aromatic rings. The van der Waals surface area contributed by atoms with Crippen molar-refractivity contribution in [3.63, 3.8) is 0 Å². The smallest absolute Gasteiger partial charge is 0.252 e. The van der Waals surface area contributed by atoms with Crippen LogP contribution in [0.5, 0.6) is 5.75 Å². The van der Waals surface area contributed by atoms with Crippen molar-refractivity contribution in [3.8, 4) is 5.75 Å². The van der Waals surface area contributed by atoms with Gasteiger partial charge in [-0.1, -0.05) is 41.9 Å². The second-order valence-electron chi connectivity index (χ2n) is 8.90. The van der Waals surface area contributed by atoms with Crippen LogP contribution in [0.3, 0.4) is 0 Å². The van der Waals surface area contributed by atoms with E-state index in [0.717, 1.165) is 50.2 Å². The molecule has 2 aliphatic carbocycles. The summed E-state index contributed by atoms with van der Waals surface area (Å²) in [4.78, 5) is 25.9. The molecule has 2 N–H and O–H groups in total. The Kier molecular flexibility index (Phi) is 8.22. The maximum absolute atomic E-state index is 14.6. The maximum atomic E-state index is 14.6. The first-order chi connectivity index (χ1) is 16.5. The van der Waals surface area contributed by atoms with Gasteiger partial charge >= 0.3 is 0 Å². The van der Waals surface area contributed by atoms with Gasteiger partial charge in [0.05, 0.1) is 16.8 Å². The number of nitrogens with one attached hydrogen (secondary N) is 2. The fraction of sp³-hybridized carbons (Fsp3) is 0.407. The molecule has 5 nitrogen and oxygen atoms in total. The standard InChI is InChI=1S/C27H30ClFN2O3/c28-22-16-23(29)24(17-25(22)34-19-10-4-5-11-19)31-27(33)21-13-7-6-12-20(21)26(32)30-15-14-18-8-2-1-3-9-18/h1-3,8-9,16-17,19H,4-7,10-15H2,(H,30,32)(H,31,33). The number of hydrogen-bond donors (Lipinski definition) is 2. The number of rotatable bonds is 8. The van der Waals surface area contributed by atoms with Gasteiger partial charge in [0.1, 0.15) is 11.6 Å². The molecule has 0 heterocycles. The van der Waals surface area contributed by atoms with Gasteiger partial charge in [-0.15, -0.1) is 0 Å². The van der Waals surface area contributed by atoms with Crippen LogP contribution in [0.15, 0.2) is 53.6 Å². The van der Waals surface area contributed by atoms with Crippen LogP contribution in [0.1, 0.15) is 56.9 Å². The molecule has 0 saturated heterocycles. The number of carbonyl (C=O) groups is 2. The molecule has 0 radical (unpaired) electrons. The third kappa shape index (κ3) is 6.17. The monoisotopic (exact) mass is 484 g/mol. The summed E-state index contributed by atoms with van der Waals surface area (Å²) in [6.45, 7) is 0.481. The highest BCUT2D eigenvalue weighted by Gasteiger charge is 2.25. The molecular formula is C27H30ClFN2O3. The molecule has 2 amide bonds. The maximum Gasteiger partial charge on any atom is 0.252 e. The Morgan fingerprint density at radius 3 is 2.35 bits per heavy atom. The van der Waals surface area contributed by atoms with Gasteiger partial charge in [-0.05, 0) is 69.4 Å². The zero-order chi connectivity index (χ0) is 23.9. The first-order valence-electron chi connectivity index (χ1n) is 12.0. The summed E-state index contributed by atoms with van der Waals surface area (Å²) >= 11 is 6.18. The van der Waals surface area contributed by atoms with Crippen LogP contribution in [0.4, 0.5) is 10.1 Å². The molecule has 180 valence electrons. The molecule has 0 unspecified atom stereocenters. The predicted octanol–water partition coefficient (Wildman–Crippen LogP) is 5.97. The summed E-state index contributed by atoms with van der Waals surface area (Å²) in [6.07, 6.45) is 7.48. The van der Waals surface area contributed by atoms with Crippen LogP contribution in [0, 0.1) is 5.82 Å². The highest BCUT2D eigenvalue weighted by atomic mass is 35.5. The Morgan fingerprint density at radius 1 is 0.971 bits per heavy atom. The molecule has 4 rings (SSSR count). The minimum absolute atomic E-state index is 0.00399. The summed E-state index contributed by atoms with van der Waals surface area (Å²) in [7, 11) is 0. The summed E-state index contributed by atoms with van der Waals surface area (Å²) < 4.78 is 20.5. The Morgan fingerprint density at radius 2 is 1.65 bits per heavy atom. The van der Waals surface area contributed by atoms with Gasteiger partial charge in [-0.2, -0.15) is 0 Å². The van der Waals surface area contributed by atoms with Crippen molar-refractivity contribution in [1.82, 2.24) is 5.32 Å². The Labute approximate surface area is 204 Å². The first kappa shape index (κ1) is 24.3. The van der Waals surface area contributed by atoms with Crippen LogP contribution in [-0.2, 0) is 16.0 Å². The molecule has 1 saturated carbocycles. The van der Waals surface area contributed by atoms with Crippen molar-refractivity contribution in [3.05, 3.63) is 70.0 Å². The lowest BCUT2D eigenvalue weighted by Crippen LogP contribution is -2.31. The summed E-state index contributed by atoms with van der Waals surface area (Å²) in [5.74, 6) is -0.965. The van der Waals surface area contributed by atoms with Crippen LogP contribution in [0.2, 0.25) is 5.02 Å². The third-order valence-corrected chi connectivity index (χ3v) is 6.72. The Balaban J connectivity index is 1.45. The van der Waals surface area contributed by atoms with Crippen molar-refractivity contribution in [2.45, 2.75) is 63.9 Å². The molecule has 7 heteroatoms. The highest BCUT2D eigenvalue weighted by molar-refractivity contribution is 6.32. The predicted molar refractivity (Wildman–Crippen MR) is 132 cm³/mol. The minimum Gasteiger partial charge on any atom is -0.489 e. The summed E-state index contributed by atoms with van der Waals surface area (Å²) in [5, 5.41) is 5.76. The lowest BCUT2D eigenvalue weighted by atomic mass is 9.90. The van der Waals surface area contributed by atoms with Crippen molar-refractivity contribution in [2.75, 3.05) is 11.9 Å². The molecule has 0 aromatic heterocycles. The molecule has 34 heavy (non-hydrogen) atoms. The number of halogens is 2. The van der Waals surface area contributed by atoms with E-state index in [4.69, 9.17) is 16.3 Å². The third-order valence-electron chi connectivity index (χ3n) is 6.42. The van der Waals surface area contributed by atoms with E-state index in [9.17, 15) is 14.0 Å². The van der Waals surface area contributed by atoms with Crippen molar-refractivity contribution in [1.29, 1.82) is 0 Å². The van der Waals surface area contributed by atoms with E-state index in [1.807, 2.05) is 30.3 Å². The number of anilines is 1. The number of carbonyl (C=O) groups excluding carboxylic acids is 2. The van der Waals surface area contributed by atoms with Crippen LogP contribution in [-0.4, -0.2) is 24.5 Å². The second-order valence-corrected chi connectivity index (χ2v) is 9.30. The lowest BCUT2D eigenvalue weighted by Gasteiger charge is -2.20. The largest absolute Gasteiger partial charge is 0.489 e. The fourth-order valence-electron chi connectivity index (χ4n) is 4.58. The molecule has 2 aromatic carbocycles. The lowest BCUT2D eigenvalue weighted by molar-refractivity contribution is -0.119. The average Bonchev–Trinajstić information content (AvgIpc) is 3.36. The Hall–Kier alpha value is -2.86. The minimum atomic E-state index is -0.637. The summed E-state index contributed by atoms with van der Waals surface area (Å²) in [6, 6.07) is 12.5. The van der Waals surface area contributed by atoms with Gasteiger partial charge in [-0.25, -0.2) is 4.39 Å². The Bertz CT molecular complexity index is 1070. The van der Waals surface area contributed by atoms with E-state index in [0.29, 0.717) is 42.7 Å². The zero-order valence-electron chi connectivity index (χ0n) is 19.2. The van der Waals surface area contributed by atoms with E-state index in [1.54, 1.807) is 0 Å².